The first-order valence-corrected chi connectivity index (χ1v) is 9.38. The van der Waals surface area contributed by atoms with E-state index < -0.39 is 17.8 Å². The van der Waals surface area contributed by atoms with E-state index >= 15 is 0 Å². The largest absolute Gasteiger partial charge is 0.480 e. The van der Waals surface area contributed by atoms with E-state index in [0.717, 1.165) is 19.3 Å². The summed E-state index contributed by atoms with van der Waals surface area (Å²) in [5.41, 5.74) is 5.97. The molecule has 0 radical (unpaired) electrons. The molecule has 2 aromatic rings. The van der Waals surface area contributed by atoms with Crippen molar-refractivity contribution in [3.8, 4) is 5.75 Å². The van der Waals surface area contributed by atoms with Crippen molar-refractivity contribution in [3.05, 3.63) is 49.9 Å². The molecule has 0 spiro atoms. The Morgan fingerprint density at radius 3 is 2.80 bits per heavy atom. The van der Waals surface area contributed by atoms with Crippen molar-refractivity contribution in [1.82, 2.24) is 10.9 Å². The van der Waals surface area contributed by atoms with E-state index in [1.807, 2.05) is 6.07 Å². The second kappa shape index (κ2) is 7.53. The van der Waals surface area contributed by atoms with Crippen molar-refractivity contribution >= 4 is 39.1 Å². The van der Waals surface area contributed by atoms with Gasteiger partial charge in [-0.3, -0.25) is 20.4 Å². The van der Waals surface area contributed by atoms with Crippen LogP contribution in [0.4, 0.5) is 4.39 Å². The number of carbonyl (C=O) groups is 2. The molecule has 0 bridgehead atoms. The predicted molar refractivity (Wildman–Crippen MR) is 96.1 cm³/mol. The molecule has 1 atom stereocenters. The van der Waals surface area contributed by atoms with Crippen LogP contribution in [0.15, 0.2) is 28.7 Å². The van der Waals surface area contributed by atoms with Gasteiger partial charge in [0, 0.05) is 4.88 Å². The lowest BCUT2D eigenvalue weighted by molar-refractivity contribution is -0.128. The van der Waals surface area contributed by atoms with Gasteiger partial charge in [0.2, 0.25) is 0 Å². The number of thiophene rings is 1. The van der Waals surface area contributed by atoms with Crippen molar-refractivity contribution < 1.29 is 18.7 Å². The van der Waals surface area contributed by atoms with Gasteiger partial charge in [0.05, 0.1) is 9.35 Å². The smallest absolute Gasteiger partial charge is 0.279 e. The standard InChI is InChI=1S/C17H16BrFN2O3S/c1-9(24-13-6-5-11(19)8-12(13)18)16(22)20-21-17(23)15-7-10-3-2-4-14(10)25-15/h5-9H,2-4H2,1H3,(H,20,22)(H,21,23). The molecular formula is C17H16BrFN2O3S. The van der Waals surface area contributed by atoms with Crippen molar-refractivity contribution in [3.63, 3.8) is 0 Å². The van der Waals surface area contributed by atoms with Gasteiger partial charge in [-0.2, -0.15) is 0 Å². The summed E-state index contributed by atoms with van der Waals surface area (Å²) in [4.78, 5) is 26.0. The Bertz CT molecular complexity index is 803. The average Bonchev–Trinajstić information content (AvgIpc) is 3.16. The van der Waals surface area contributed by atoms with Gasteiger partial charge in [0.1, 0.15) is 11.6 Å². The highest BCUT2D eigenvalue weighted by molar-refractivity contribution is 9.10. The number of hydrogen-bond acceptors (Lipinski definition) is 4. The monoisotopic (exact) mass is 426 g/mol. The first kappa shape index (κ1) is 17.9. The zero-order chi connectivity index (χ0) is 18.0. The summed E-state index contributed by atoms with van der Waals surface area (Å²) in [6, 6.07) is 5.79. The maximum absolute atomic E-state index is 13.1. The van der Waals surface area contributed by atoms with Gasteiger partial charge in [-0.25, -0.2) is 4.39 Å². The van der Waals surface area contributed by atoms with E-state index in [1.54, 1.807) is 0 Å². The predicted octanol–water partition coefficient (Wildman–Crippen LogP) is 3.37. The van der Waals surface area contributed by atoms with Crippen LogP contribution < -0.4 is 15.6 Å². The molecule has 1 aliphatic carbocycles. The summed E-state index contributed by atoms with van der Waals surface area (Å²) in [7, 11) is 0. The summed E-state index contributed by atoms with van der Waals surface area (Å²) in [6.07, 6.45) is 2.28. The number of fused-ring (bicyclic) bond motifs is 1. The second-order valence-electron chi connectivity index (χ2n) is 5.69. The third-order valence-corrected chi connectivity index (χ3v) is 5.69. The molecule has 1 unspecified atom stereocenters. The normalized spacial score (nSPS) is 13.9. The maximum Gasteiger partial charge on any atom is 0.279 e. The van der Waals surface area contributed by atoms with Crippen LogP contribution >= 0.6 is 27.3 Å². The number of rotatable bonds is 4. The van der Waals surface area contributed by atoms with Crippen LogP contribution in [-0.2, 0) is 17.6 Å². The van der Waals surface area contributed by atoms with Crippen molar-refractivity contribution in [2.45, 2.75) is 32.3 Å². The number of hydrazine groups is 1. The van der Waals surface area contributed by atoms with E-state index in [2.05, 4.69) is 26.8 Å². The first-order chi connectivity index (χ1) is 11.9. The molecule has 1 heterocycles. The average molecular weight is 427 g/mol. The number of ether oxygens (including phenoxy) is 1. The zero-order valence-electron chi connectivity index (χ0n) is 13.4. The fourth-order valence-electron chi connectivity index (χ4n) is 2.54. The lowest BCUT2D eigenvalue weighted by Gasteiger charge is -2.16. The summed E-state index contributed by atoms with van der Waals surface area (Å²) in [5.74, 6) is -0.923. The molecule has 8 heteroatoms. The Hall–Kier alpha value is -1.93. The first-order valence-electron chi connectivity index (χ1n) is 7.77. The van der Waals surface area contributed by atoms with Gasteiger partial charge in [0.25, 0.3) is 11.8 Å². The highest BCUT2D eigenvalue weighted by Crippen LogP contribution is 2.30. The van der Waals surface area contributed by atoms with Crippen LogP contribution in [0.3, 0.4) is 0 Å². The number of benzene rings is 1. The van der Waals surface area contributed by atoms with Gasteiger partial charge in [-0.05, 0) is 71.9 Å². The highest BCUT2D eigenvalue weighted by atomic mass is 79.9. The van der Waals surface area contributed by atoms with Crippen molar-refractivity contribution in [2.24, 2.45) is 0 Å². The molecule has 25 heavy (non-hydrogen) atoms. The molecule has 1 aromatic heterocycles. The fourth-order valence-corrected chi connectivity index (χ4v) is 4.13. The van der Waals surface area contributed by atoms with Gasteiger partial charge in [-0.15, -0.1) is 11.3 Å². The molecule has 5 nitrogen and oxygen atoms in total. The molecule has 2 amide bonds. The number of carbonyl (C=O) groups excluding carboxylic acids is 2. The molecule has 132 valence electrons. The molecule has 1 aliphatic rings. The van der Waals surface area contributed by atoms with E-state index in [1.165, 1.54) is 46.9 Å². The molecule has 3 rings (SSSR count). The number of halogens is 2. The molecule has 0 saturated heterocycles. The van der Waals surface area contributed by atoms with Gasteiger partial charge in [-0.1, -0.05) is 0 Å². The Kier molecular flexibility index (Phi) is 5.39. The fraction of sp³-hybridized carbons (Fsp3) is 0.294. The van der Waals surface area contributed by atoms with Crippen LogP contribution in [0.2, 0.25) is 0 Å². The SMILES string of the molecule is CC(Oc1ccc(F)cc1Br)C(=O)NNC(=O)c1cc2c(s1)CCC2. The Balaban J connectivity index is 1.53. The summed E-state index contributed by atoms with van der Waals surface area (Å²) in [5, 5.41) is 0. The molecule has 2 N–H and O–H groups in total. The quantitative estimate of drug-likeness (QED) is 0.736. The minimum Gasteiger partial charge on any atom is -0.480 e. The van der Waals surface area contributed by atoms with E-state index in [0.29, 0.717) is 15.1 Å². The number of aryl methyl sites for hydroxylation is 2. The minimum atomic E-state index is -0.865. The van der Waals surface area contributed by atoms with Crippen molar-refractivity contribution in [2.75, 3.05) is 0 Å². The lowest BCUT2D eigenvalue weighted by Crippen LogP contribution is -2.47. The van der Waals surface area contributed by atoms with Gasteiger partial charge < -0.3 is 4.74 Å². The molecular weight excluding hydrogens is 411 g/mol. The summed E-state index contributed by atoms with van der Waals surface area (Å²) < 4.78 is 18.9. The Labute approximate surface area is 156 Å². The summed E-state index contributed by atoms with van der Waals surface area (Å²) >= 11 is 4.63. The van der Waals surface area contributed by atoms with Crippen LogP contribution in [-0.4, -0.2) is 17.9 Å². The summed E-state index contributed by atoms with van der Waals surface area (Å²) in [6.45, 7) is 1.54. The van der Waals surface area contributed by atoms with Gasteiger partial charge >= 0.3 is 0 Å². The molecule has 0 fully saturated rings. The Morgan fingerprint density at radius 1 is 1.28 bits per heavy atom. The molecule has 0 aliphatic heterocycles. The number of nitrogens with one attached hydrogen (secondary N) is 2. The topological polar surface area (TPSA) is 67.4 Å². The van der Waals surface area contributed by atoms with E-state index in [9.17, 15) is 14.0 Å². The zero-order valence-corrected chi connectivity index (χ0v) is 15.8. The highest BCUT2D eigenvalue weighted by Gasteiger charge is 2.20. The van der Waals surface area contributed by atoms with Crippen LogP contribution in [0, 0.1) is 5.82 Å². The lowest BCUT2D eigenvalue weighted by atomic mass is 10.2. The van der Waals surface area contributed by atoms with Crippen LogP contribution in [0.1, 0.15) is 33.5 Å². The number of amides is 2. The maximum atomic E-state index is 13.1. The third kappa shape index (κ3) is 4.19. The minimum absolute atomic E-state index is 0.338. The number of hydrogen-bond donors (Lipinski definition) is 2. The van der Waals surface area contributed by atoms with Crippen LogP contribution in [0.25, 0.3) is 0 Å². The third-order valence-electron chi connectivity index (χ3n) is 3.84. The van der Waals surface area contributed by atoms with Crippen LogP contribution in [0.5, 0.6) is 5.75 Å². The molecule has 1 aromatic carbocycles. The van der Waals surface area contributed by atoms with Crippen molar-refractivity contribution in [1.29, 1.82) is 0 Å². The van der Waals surface area contributed by atoms with Gasteiger partial charge in [0.15, 0.2) is 6.10 Å². The second-order valence-corrected chi connectivity index (χ2v) is 7.68. The molecule has 0 saturated carbocycles. The van der Waals surface area contributed by atoms with E-state index in [4.69, 9.17) is 4.74 Å². The Morgan fingerprint density at radius 2 is 2.08 bits per heavy atom. The van der Waals surface area contributed by atoms with E-state index in [-0.39, 0.29) is 5.91 Å².